The predicted molar refractivity (Wildman–Crippen MR) is 181 cm³/mol. The molecule has 0 spiro atoms. The lowest BCUT2D eigenvalue weighted by Crippen LogP contribution is -2.16. The molecule has 0 amide bonds. The van der Waals surface area contributed by atoms with Gasteiger partial charge >= 0.3 is 17.9 Å². The van der Waals surface area contributed by atoms with Gasteiger partial charge in [-0.3, -0.25) is 4.79 Å². The number of carbonyl (C=O) groups excluding carboxylic acids is 2. The Hall–Kier alpha value is -5.61. The van der Waals surface area contributed by atoms with Crippen LogP contribution < -0.4 is 0 Å². The third-order valence-electron chi connectivity index (χ3n) is 7.47. The lowest BCUT2D eigenvalue weighted by atomic mass is 9.94. The lowest BCUT2D eigenvalue weighted by Gasteiger charge is -2.18. The summed E-state index contributed by atoms with van der Waals surface area (Å²) in [4.78, 5) is 38.3. The topological polar surface area (TPSA) is 158 Å². The van der Waals surface area contributed by atoms with Gasteiger partial charge in [0.25, 0.3) is 0 Å². The Labute approximate surface area is 295 Å². The minimum atomic E-state index is -3.72. The summed E-state index contributed by atoms with van der Waals surface area (Å²) in [6, 6.07) is 14.2. The van der Waals surface area contributed by atoms with Gasteiger partial charge in [0, 0.05) is 30.6 Å². The van der Waals surface area contributed by atoms with E-state index in [2.05, 4.69) is 0 Å². The summed E-state index contributed by atoms with van der Waals surface area (Å²) in [6.45, 7) is -0.543. The maximum atomic E-state index is 14.6. The highest BCUT2D eigenvalue weighted by Gasteiger charge is 2.26. The molecule has 0 saturated heterocycles. The monoisotopic (exact) mass is 760 g/mol. The molecule has 4 aromatic carbocycles. The van der Waals surface area contributed by atoms with E-state index >= 15 is 0 Å². The van der Waals surface area contributed by atoms with Gasteiger partial charge in [0.05, 0.1) is 20.9 Å². The SMILES string of the molecule is CC(=O)OC/C(=C(\C(=O)OC/C(=C(\C(=O)O)c1ccc(F)c(F)c1)c1ccc(S(C)(=O)=O)cc1)c1ccc(F)c(F)c1)c1ccc(S(C)(=O)=O)cc1. The molecule has 0 aliphatic carbocycles. The first-order valence-electron chi connectivity index (χ1n) is 14.8. The smallest absolute Gasteiger partial charge is 0.339 e. The largest absolute Gasteiger partial charge is 0.478 e. The Morgan fingerprint density at radius 2 is 0.923 bits per heavy atom. The molecule has 52 heavy (non-hydrogen) atoms. The fraction of sp³-hybridized carbons (Fsp3) is 0.139. The van der Waals surface area contributed by atoms with E-state index in [0.717, 1.165) is 43.7 Å². The molecular weight excluding hydrogens is 733 g/mol. The molecule has 0 aliphatic heterocycles. The van der Waals surface area contributed by atoms with Crippen molar-refractivity contribution in [1.29, 1.82) is 0 Å². The second-order valence-corrected chi connectivity index (χ2v) is 15.3. The molecule has 0 heterocycles. The molecule has 0 saturated carbocycles. The fourth-order valence-electron chi connectivity index (χ4n) is 4.94. The van der Waals surface area contributed by atoms with Crippen LogP contribution in [0.1, 0.15) is 29.2 Å². The average Bonchev–Trinajstić information content (AvgIpc) is 3.06. The number of halogens is 4. The first kappa shape index (κ1) is 39.2. The van der Waals surface area contributed by atoms with Gasteiger partial charge in [0.15, 0.2) is 42.9 Å². The lowest BCUT2D eigenvalue weighted by molar-refractivity contribution is -0.139. The molecule has 0 bridgehead atoms. The van der Waals surface area contributed by atoms with Crippen LogP contribution in [0.2, 0.25) is 0 Å². The van der Waals surface area contributed by atoms with E-state index in [9.17, 15) is 53.9 Å². The molecule has 0 aromatic heterocycles. The van der Waals surface area contributed by atoms with Crippen LogP contribution in [0, 0.1) is 23.3 Å². The summed E-state index contributed by atoms with van der Waals surface area (Å²) in [6.07, 6.45) is 1.88. The highest BCUT2D eigenvalue weighted by atomic mass is 32.2. The Balaban J connectivity index is 1.96. The average molecular weight is 761 g/mol. The van der Waals surface area contributed by atoms with Gasteiger partial charge in [0.2, 0.25) is 0 Å². The zero-order chi connectivity index (χ0) is 38.5. The highest BCUT2D eigenvalue weighted by molar-refractivity contribution is 7.91. The minimum absolute atomic E-state index is 0.0165. The van der Waals surface area contributed by atoms with Crippen LogP contribution in [0.15, 0.2) is 94.7 Å². The molecule has 16 heteroatoms. The fourth-order valence-corrected chi connectivity index (χ4v) is 6.20. The molecule has 0 unspecified atom stereocenters. The van der Waals surface area contributed by atoms with Gasteiger partial charge in [-0.1, -0.05) is 36.4 Å². The maximum Gasteiger partial charge on any atom is 0.339 e. The second kappa shape index (κ2) is 15.7. The van der Waals surface area contributed by atoms with Crippen LogP contribution in [0.5, 0.6) is 0 Å². The van der Waals surface area contributed by atoms with Crippen molar-refractivity contribution in [2.24, 2.45) is 0 Å². The summed E-state index contributed by atoms with van der Waals surface area (Å²) in [7, 11) is -7.40. The molecule has 4 rings (SSSR count). The van der Waals surface area contributed by atoms with Crippen molar-refractivity contribution >= 4 is 59.9 Å². The van der Waals surface area contributed by atoms with Crippen molar-refractivity contribution in [3.63, 3.8) is 0 Å². The molecule has 1 N–H and O–H groups in total. The standard InChI is InChI=1S/C36H28F4O10S2/c1-20(41)49-18-28(22-6-12-26(13-7-22)52(3,47)48)34(24-9-15-30(38)32(40)17-24)36(44)50-19-27(21-4-10-25(11-5-21)51(2,45)46)33(35(42)43)23-8-14-29(37)31(39)16-23/h4-17H,18-19H2,1-3H3,(H,42,43)/b33-27+,34-28+. The minimum Gasteiger partial charge on any atom is -0.478 e. The molecule has 0 fully saturated rings. The van der Waals surface area contributed by atoms with E-state index in [4.69, 9.17) is 9.47 Å². The van der Waals surface area contributed by atoms with Crippen molar-refractivity contribution in [3.05, 3.63) is 130 Å². The summed E-state index contributed by atoms with van der Waals surface area (Å²) in [5, 5.41) is 10.3. The van der Waals surface area contributed by atoms with Crippen LogP contribution in [0.3, 0.4) is 0 Å². The Morgan fingerprint density at radius 1 is 0.558 bits per heavy atom. The zero-order valence-corrected chi connectivity index (χ0v) is 29.1. The van der Waals surface area contributed by atoms with E-state index in [-0.39, 0.29) is 43.2 Å². The van der Waals surface area contributed by atoms with Crippen molar-refractivity contribution in [2.45, 2.75) is 16.7 Å². The quantitative estimate of drug-likeness (QED) is 0.0815. The van der Waals surface area contributed by atoms with Crippen molar-refractivity contribution in [1.82, 2.24) is 0 Å². The Kier molecular flexibility index (Phi) is 11.9. The molecule has 4 aromatic rings. The first-order valence-corrected chi connectivity index (χ1v) is 18.6. The van der Waals surface area contributed by atoms with E-state index in [1.807, 2.05) is 0 Å². The van der Waals surface area contributed by atoms with E-state index in [1.165, 1.54) is 36.4 Å². The molecule has 0 radical (unpaired) electrons. The zero-order valence-electron chi connectivity index (χ0n) is 27.4. The molecule has 0 aliphatic rings. The van der Waals surface area contributed by atoms with Crippen molar-refractivity contribution in [3.8, 4) is 0 Å². The van der Waals surface area contributed by atoms with E-state index in [1.54, 1.807) is 0 Å². The van der Waals surface area contributed by atoms with Crippen LogP contribution in [0.25, 0.3) is 22.3 Å². The number of carboxylic acid groups (broad SMARTS) is 1. The highest BCUT2D eigenvalue weighted by Crippen LogP contribution is 2.33. The normalized spacial score (nSPS) is 12.8. The van der Waals surface area contributed by atoms with Crippen molar-refractivity contribution in [2.75, 3.05) is 25.7 Å². The number of ether oxygens (including phenoxy) is 2. The Morgan fingerprint density at radius 3 is 1.29 bits per heavy atom. The summed E-state index contributed by atoms with van der Waals surface area (Å²) >= 11 is 0. The molecule has 10 nitrogen and oxygen atoms in total. The van der Waals surface area contributed by atoms with Gasteiger partial charge in [-0.15, -0.1) is 0 Å². The third-order valence-corrected chi connectivity index (χ3v) is 9.72. The number of carbonyl (C=O) groups is 3. The number of esters is 2. The summed E-state index contributed by atoms with van der Waals surface area (Å²) in [5.41, 5.74) is -2.24. The number of hydrogen-bond acceptors (Lipinski definition) is 9. The summed E-state index contributed by atoms with van der Waals surface area (Å²) < 4.78 is 116. The number of sulfone groups is 2. The van der Waals surface area contributed by atoms with Gasteiger partial charge in [-0.2, -0.15) is 0 Å². The van der Waals surface area contributed by atoms with Gasteiger partial charge < -0.3 is 14.6 Å². The van der Waals surface area contributed by atoms with Crippen molar-refractivity contribution < 1.29 is 63.4 Å². The Bertz CT molecular complexity index is 2350. The van der Waals surface area contributed by atoms with Crippen LogP contribution in [-0.2, 0) is 43.5 Å². The van der Waals surface area contributed by atoms with Gasteiger partial charge in [0.1, 0.15) is 13.2 Å². The molecule has 272 valence electrons. The third kappa shape index (κ3) is 9.38. The number of hydrogen-bond donors (Lipinski definition) is 1. The summed E-state index contributed by atoms with van der Waals surface area (Å²) in [5.74, 6) is -9.16. The predicted octanol–water partition coefficient (Wildman–Crippen LogP) is 5.76. The first-order chi connectivity index (χ1) is 24.3. The van der Waals surface area contributed by atoms with Crippen LogP contribution >= 0.6 is 0 Å². The molecule has 0 atom stereocenters. The maximum absolute atomic E-state index is 14.6. The van der Waals surface area contributed by atoms with Gasteiger partial charge in [-0.25, -0.2) is 44.0 Å². The second-order valence-electron chi connectivity index (χ2n) is 11.2. The number of rotatable bonds is 12. The molecular formula is C36H28F4O10S2. The van der Waals surface area contributed by atoms with E-state index < -0.39 is 85.2 Å². The van der Waals surface area contributed by atoms with Crippen LogP contribution in [-0.4, -0.2) is 65.6 Å². The number of carboxylic acids is 1. The van der Waals surface area contributed by atoms with E-state index in [0.29, 0.717) is 24.3 Å². The van der Waals surface area contributed by atoms with Gasteiger partial charge in [-0.05, 0) is 70.8 Å². The van der Waals surface area contributed by atoms with Crippen LogP contribution in [0.4, 0.5) is 17.6 Å². The number of benzene rings is 4. The number of aliphatic carboxylic acids is 1.